The molecule has 0 N–H and O–H groups in total. The van der Waals surface area contributed by atoms with Crippen LogP contribution in [0.4, 0.5) is 22.0 Å². The second-order valence-electron chi connectivity index (χ2n) is 2.72. The van der Waals surface area contributed by atoms with E-state index in [1.54, 1.807) is 0 Å². The topological polar surface area (TPSA) is 30.0 Å². The Morgan fingerprint density at radius 1 is 1.38 bits per heavy atom. The number of hydrogen-bond acceptors (Lipinski definition) is 2. The van der Waals surface area contributed by atoms with Crippen LogP contribution in [-0.2, 0) is 6.18 Å². The molecule has 0 spiro atoms. The highest BCUT2D eigenvalue weighted by atomic mass is 127. The molecule has 0 radical (unpaired) electrons. The van der Waals surface area contributed by atoms with Crippen LogP contribution in [0.3, 0.4) is 0 Å². The second-order valence-corrected chi connectivity index (χ2v) is 3.74. The summed E-state index contributed by atoms with van der Waals surface area (Å²) in [6.45, 7) is 0. The molecule has 0 fully saturated rings. The van der Waals surface area contributed by atoms with Gasteiger partial charge in [0.25, 0.3) is 6.43 Å². The molecule has 0 bridgehead atoms. The summed E-state index contributed by atoms with van der Waals surface area (Å²) < 4.78 is 61.3. The predicted molar refractivity (Wildman–Crippen MR) is 52.3 cm³/mol. The first-order valence-corrected chi connectivity index (χ1v) is 4.86. The maximum Gasteiger partial charge on any atom is 0.417 e. The standard InChI is InChI=1S/C8H3F5INO/c9-6(10)5-1-4(8(11,12)13)3(2-16)7(14)15-5/h1-2,6H. The first-order chi connectivity index (χ1) is 7.27. The van der Waals surface area contributed by atoms with Crippen molar-refractivity contribution >= 4 is 28.9 Å². The highest BCUT2D eigenvalue weighted by molar-refractivity contribution is 14.1. The van der Waals surface area contributed by atoms with Crippen LogP contribution < -0.4 is 0 Å². The smallest absolute Gasteiger partial charge is 0.298 e. The lowest BCUT2D eigenvalue weighted by Gasteiger charge is -2.12. The lowest BCUT2D eigenvalue weighted by atomic mass is 10.1. The van der Waals surface area contributed by atoms with Crippen molar-refractivity contribution in [1.29, 1.82) is 0 Å². The first-order valence-electron chi connectivity index (χ1n) is 3.78. The first kappa shape index (κ1) is 13.3. The van der Waals surface area contributed by atoms with Crippen molar-refractivity contribution in [3.63, 3.8) is 0 Å². The molecule has 0 aliphatic rings. The van der Waals surface area contributed by atoms with E-state index in [4.69, 9.17) is 0 Å². The minimum Gasteiger partial charge on any atom is -0.298 e. The number of rotatable bonds is 2. The maximum atomic E-state index is 12.4. The Morgan fingerprint density at radius 2 is 1.94 bits per heavy atom. The Bertz CT molecular complexity index is 418. The fourth-order valence-corrected chi connectivity index (χ4v) is 1.70. The molecule has 0 unspecified atom stereocenters. The van der Waals surface area contributed by atoms with Crippen LogP contribution in [0.25, 0.3) is 0 Å². The van der Waals surface area contributed by atoms with E-state index in [9.17, 15) is 26.7 Å². The average molecular weight is 351 g/mol. The van der Waals surface area contributed by atoms with Crippen LogP contribution in [-0.4, -0.2) is 11.3 Å². The number of hydrogen-bond donors (Lipinski definition) is 0. The van der Waals surface area contributed by atoms with E-state index < -0.39 is 33.1 Å². The Hall–Kier alpha value is -0.800. The summed E-state index contributed by atoms with van der Waals surface area (Å²) >= 11 is 1.31. The van der Waals surface area contributed by atoms with E-state index in [1.165, 1.54) is 22.6 Å². The molecule has 1 aromatic heterocycles. The van der Waals surface area contributed by atoms with Crippen LogP contribution in [0.5, 0.6) is 0 Å². The van der Waals surface area contributed by atoms with Crippen molar-refractivity contribution in [3.05, 3.63) is 26.6 Å². The van der Waals surface area contributed by atoms with Gasteiger partial charge in [-0.3, -0.25) is 4.79 Å². The number of nitrogens with zero attached hydrogens (tertiary/aromatic N) is 1. The molecule has 1 aromatic rings. The Balaban J connectivity index is 3.49. The Morgan fingerprint density at radius 3 is 2.31 bits per heavy atom. The van der Waals surface area contributed by atoms with Crippen molar-refractivity contribution in [1.82, 2.24) is 4.98 Å². The van der Waals surface area contributed by atoms with E-state index >= 15 is 0 Å². The summed E-state index contributed by atoms with van der Waals surface area (Å²) in [5.41, 5.74) is -3.11. The zero-order valence-electron chi connectivity index (χ0n) is 7.36. The van der Waals surface area contributed by atoms with E-state index in [0.29, 0.717) is 0 Å². The molecule has 16 heavy (non-hydrogen) atoms. The zero-order valence-corrected chi connectivity index (χ0v) is 9.51. The number of carbonyl (C=O) groups excluding carboxylic acids is 1. The minimum atomic E-state index is -4.86. The largest absolute Gasteiger partial charge is 0.417 e. The van der Waals surface area contributed by atoms with Gasteiger partial charge in [-0.05, 0) is 28.7 Å². The van der Waals surface area contributed by atoms with Crippen LogP contribution in [0.1, 0.15) is 28.0 Å². The molecule has 0 aromatic carbocycles. The predicted octanol–water partition coefficient (Wildman–Crippen LogP) is 3.46. The molecule has 1 rings (SSSR count). The maximum absolute atomic E-state index is 12.4. The number of halogens is 6. The summed E-state index contributed by atoms with van der Waals surface area (Å²) in [5, 5.41) is 0. The Kier molecular flexibility index (Phi) is 3.81. The molecule has 8 heteroatoms. The van der Waals surface area contributed by atoms with Crippen molar-refractivity contribution in [2.24, 2.45) is 0 Å². The van der Waals surface area contributed by atoms with Crippen LogP contribution in [0.2, 0.25) is 0 Å². The van der Waals surface area contributed by atoms with Gasteiger partial charge >= 0.3 is 6.18 Å². The summed E-state index contributed by atoms with van der Waals surface area (Å²) in [4.78, 5) is 13.7. The van der Waals surface area contributed by atoms with Crippen molar-refractivity contribution < 1.29 is 26.7 Å². The third-order valence-electron chi connectivity index (χ3n) is 1.68. The van der Waals surface area contributed by atoms with Gasteiger partial charge < -0.3 is 0 Å². The Labute approximate surface area is 100.0 Å². The number of pyridine rings is 1. The molecule has 0 atom stereocenters. The normalized spacial score (nSPS) is 11.9. The van der Waals surface area contributed by atoms with E-state index in [0.717, 1.165) is 0 Å². The average Bonchev–Trinajstić information content (AvgIpc) is 2.14. The van der Waals surface area contributed by atoms with Gasteiger partial charge in [-0.15, -0.1) is 0 Å². The molecule has 0 saturated carbocycles. The zero-order chi connectivity index (χ0) is 12.5. The van der Waals surface area contributed by atoms with Crippen LogP contribution in [0, 0.1) is 3.70 Å². The number of aromatic nitrogens is 1. The van der Waals surface area contributed by atoms with Gasteiger partial charge in [0.2, 0.25) is 0 Å². The van der Waals surface area contributed by atoms with Gasteiger partial charge in [0.15, 0.2) is 6.29 Å². The van der Waals surface area contributed by atoms with Gasteiger partial charge in [-0.25, -0.2) is 13.8 Å². The van der Waals surface area contributed by atoms with E-state index in [2.05, 4.69) is 4.98 Å². The lowest BCUT2D eigenvalue weighted by molar-refractivity contribution is -0.138. The van der Waals surface area contributed by atoms with E-state index in [1.807, 2.05) is 0 Å². The van der Waals surface area contributed by atoms with Crippen LogP contribution >= 0.6 is 22.6 Å². The van der Waals surface area contributed by atoms with Crippen molar-refractivity contribution in [2.45, 2.75) is 12.6 Å². The van der Waals surface area contributed by atoms with Crippen molar-refractivity contribution in [3.8, 4) is 0 Å². The number of alkyl halides is 5. The van der Waals surface area contributed by atoms with Gasteiger partial charge in [-0.2, -0.15) is 13.2 Å². The molecule has 0 saturated heterocycles. The number of aldehydes is 1. The quantitative estimate of drug-likeness (QED) is 0.354. The fourth-order valence-electron chi connectivity index (χ4n) is 1.00. The highest BCUT2D eigenvalue weighted by Crippen LogP contribution is 2.34. The monoisotopic (exact) mass is 351 g/mol. The molecule has 2 nitrogen and oxygen atoms in total. The third-order valence-corrected chi connectivity index (χ3v) is 2.50. The summed E-state index contributed by atoms with van der Waals surface area (Å²) in [5.74, 6) is 0. The van der Waals surface area contributed by atoms with Gasteiger partial charge in [0.05, 0.1) is 11.1 Å². The summed E-state index contributed by atoms with van der Waals surface area (Å²) in [6, 6.07) is 0.191. The summed E-state index contributed by atoms with van der Waals surface area (Å²) in [6.07, 6.45) is -8.02. The van der Waals surface area contributed by atoms with Crippen LogP contribution in [0.15, 0.2) is 6.07 Å². The molecule has 0 aliphatic carbocycles. The van der Waals surface area contributed by atoms with Gasteiger partial charge in [-0.1, -0.05) is 0 Å². The molecule has 88 valence electrons. The van der Waals surface area contributed by atoms with Gasteiger partial charge in [0, 0.05) is 0 Å². The molecule has 1 heterocycles. The fraction of sp³-hybridized carbons (Fsp3) is 0.250. The number of carbonyl (C=O) groups is 1. The lowest BCUT2D eigenvalue weighted by Crippen LogP contribution is -2.13. The molecule has 0 amide bonds. The van der Waals surface area contributed by atoms with Gasteiger partial charge in [0.1, 0.15) is 9.39 Å². The highest BCUT2D eigenvalue weighted by Gasteiger charge is 2.36. The minimum absolute atomic E-state index is 0.0488. The van der Waals surface area contributed by atoms with E-state index in [-0.39, 0.29) is 12.4 Å². The second kappa shape index (κ2) is 4.60. The molecule has 0 aliphatic heterocycles. The SMILES string of the molecule is O=Cc1c(C(F)(F)F)cc(C(F)F)nc1I. The summed E-state index contributed by atoms with van der Waals surface area (Å²) in [7, 11) is 0. The van der Waals surface area contributed by atoms with Crippen molar-refractivity contribution in [2.75, 3.05) is 0 Å². The molecular weight excluding hydrogens is 348 g/mol. The third kappa shape index (κ3) is 2.66. The molecular formula is C8H3F5INO.